The Kier molecular flexibility index (Phi) is 5.62. The monoisotopic (exact) mass is 469 g/mol. The third kappa shape index (κ3) is 4.24. The van der Waals surface area contributed by atoms with Crippen LogP contribution in [0.1, 0.15) is 25.2 Å². The van der Waals surface area contributed by atoms with Gasteiger partial charge in [-0.2, -0.15) is 0 Å². The molecule has 0 aliphatic carbocycles. The lowest BCUT2D eigenvalue weighted by Crippen LogP contribution is -2.62. The van der Waals surface area contributed by atoms with Gasteiger partial charge in [0.25, 0.3) is 0 Å². The van der Waals surface area contributed by atoms with Gasteiger partial charge in [-0.3, -0.25) is 14.6 Å². The van der Waals surface area contributed by atoms with Crippen LogP contribution >= 0.6 is 0 Å². The molecule has 0 spiro atoms. The number of piperazine rings is 1. The van der Waals surface area contributed by atoms with Crippen molar-refractivity contribution in [2.24, 2.45) is 5.92 Å². The van der Waals surface area contributed by atoms with E-state index in [-0.39, 0.29) is 24.0 Å². The number of hydrogen-bond acceptors (Lipinski definition) is 6. The number of nitrogens with zero attached hydrogens (tertiary/aromatic N) is 4. The summed E-state index contributed by atoms with van der Waals surface area (Å²) >= 11 is 0. The molecule has 180 valence electrons. The predicted molar refractivity (Wildman–Crippen MR) is 138 cm³/mol. The van der Waals surface area contributed by atoms with Crippen molar-refractivity contribution in [3.05, 3.63) is 66.1 Å². The average molecular weight is 470 g/mol. The first kappa shape index (κ1) is 22.0. The number of nitrogens with one attached hydrogen (secondary N) is 3. The lowest BCUT2D eigenvalue weighted by atomic mass is 10.0. The maximum Gasteiger partial charge on any atom is 0.244 e. The van der Waals surface area contributed by atoms with Crippen molar-refractivity contribution in [1.82, 2.24) is 30.1 Å². The first-order valence-electron chi connectivity index (χ1n) is 12.4. The fraction of sp³-hybridized carbons (Fsp3) is 0.370. The molecule has 8 heteroatoms. The molecule has 1 unspecified atom stereocenters. The Morgan fingerprint density at radius 1 is 1.00 bits per heavy atom. The molecular formula is C27H31N7O. The summed E-state index contributed by atoms with van der Waals surface area (Å²) in [6.07, 6.45) is 1.99. The van der Waals surface area contributed by atoms with Gasteiger partial charge in [-0.25, -0.2) is 9.97 Å². The number of amides is 1. The molecule has 2 aromatic heterocycles. The van der Waals surface area contributed by atoms with Crippen molar-refractivity contribution in [2.75, 3.05) is 25.0 Å². The topological polar surface area (TPSA) is 89.2 Å². The van der Waals surface area contributed by atoms with Gasteiger partial charge in [0.15, 0.2) is 0 Å². The molecule has 35 heavy (non-hydrogen) atoms. The molecule has 2 aromatic carbocycles. The highest BCUT2D eigenvalue weighted by atomic mass is 16.2. The van der Waals surface area contributed by atoms with Crippen LogP contribution in [0.2, 0.25) is 0 Å². The molecule has 1 fully saturated rings. The first-order chi connectivity index (χ1) is 17.0. The maximum atomic E-state index is 13.5. The number of H-pyrrole nitrogens is 1. The Morgan fingerprint density at radius 3 is 2.66 bits per heavy atom. The van der Waals surface area contributed by atoms with Crippen LogP contribution in [0.4, 0.5) is 5.82 Å². The molecule has 3 N–H and O–H groups in total. The van der Waals surface area contributed by atoms with Crippen molar-refractivity contribution in [3.63, 3.8) is 0 Å². The molecule has 0 radical (unpaired) electrons. The molecule has 2 aliphatic heterocycles. The Balaban J connectivity index is 1.30. The minimum atomic E-state index is -0.384. The van der Waals surface area contributed by atoms with Crippen LogP contribution in [-0.4, -0.2) is 62.5 Å². The molecule has 0 saturated carbocycles. The van der Waals surface area contributed by atoms with Crippen LogP contribution in [0.15, 0.2) is 54.7 Å². The molecule has 2 atom stereocenters. The van der Waals surface area contributed by atoms with Crippen LogP contribution < -0.4 is 10.6 Å². The normalized spacial score (nSPS) is 21.6. The summed E-state index contributed by atoms with van der Waals surface area (Å²) in [4.78, 5) is 31.3. The highest BCUT2D eigenvalue weighted by molar-refractivity contribution is 5.92. The number of benzene rings is 2. The molecule has 1 saturated heterocycles. The van der Waals surface area contributed by atoms with E-state index in [1.165, 1.54) is 10.9 Å². The van der Waals surface area contributed by atoms with Gasteiger partial charge in [0.05, 0.1) is 18.2 Å². The van der Waals surface area contributed by atoms with Crippen molar-refractivity contribution < 1.29 is 4.79 Å². The molecular weight excluding hydrogens is 438 g/mol. The molecule has 4 heterocycles. The van der Waals surface area contributed by atoms with Gasteiger partial charge < -0.3 is 15.6 Å². The summed E-state index contributed by atoms with van der Waals surface area (Å²) in [5, 5.41) is 8.99. The molecule has 1 amide bonds. The van der Waals surface area contributed by atoms with E-state index in [2.05, 4.69) is 69.7 Å². The van der Waals surface area contributed by atoms with Gasteiger partial charge in [-0.15, -0.1) is 0 Å². The number of carbonyl (C=O) groups is 1. The fourth-order valence-electron chi connectivity index (χ4n) is 5.27. The zero-order valence-electron chi connectivity index (χ0n) is 20.2. The van der Waals surface area contributed by atoms with E-state index in [0.717, 1.165) is 54.2 Å². The smallest absolute Gasteiger partial charge is 0.244 e. The van der Waals surface area contributed by atoms with Crippen molar-refractivity contribution in [2.45, 2.75) is 39.1 Å². The zero-order valence-corrected chi connectivity index (χ0v) is 20.2. The van der Waals surface area contributed by atoms with Crippen LogP contribution in [0.25, 0.3) is 21.8 Å². The van der Waals surface area contributed by atoms with Crippen molar-refractivity contribution >= 4 is 33.5 Å². The quantitative estimate of drug-likeness (QED) is 0.427. The average Bonchev–Trinajstić information content (AvgIpc) is 3.26. The maximum absolute atomic E-state index is 13.5. The van der Waals surface area contributed by atoms with Crippen LogP contribution in [0, 0.1) is 5.92 Å². The number of aromatic amines is 1. The molecule has 8 nitrogen and oxygen atoms in total. The van der Waals surface area contributed by atoms with E-state index in [1.807, 2.05) is 24.3 Å². The summed E-state index contributed by atoms with van der Waals surface area (Å²) < 4.78 is 0. The third-order valence-electron chi connectivity index (χ3n) is 7.19. The van der Waals surface area contributed by atoms with Crippen LogP contribution in [0.5, 0.6) is 0 Å². The highest BCUT2D eigenvalue weighted by Gasteiger charge is 2.33. The second-order valence-corrected chi connectivity index (χ2v) is 9.96. The van der Waals surface area contributed by atoms with Gasteiger partial charge in [-0.05, 0) is 29.7 Å². The minimum Gasteiger partial charge on any atom is -0.361 e. The molecule has 4 aromatic rings. The molecule has 6 rings (SSSR count). The lowest BCUT2D eigenvalue weighted by Gasteiger charge is -2.42. The number of fused-ring (bicyclic) bond motifs is 6. The Bertz CT molecular complexity index is 1380. The standard InChI is InChI=1S/C27H31N7O/c1-17(2)25-27(35)31-24-16-33(14-18-13-28-21-9-5-3-7-19(18)21)11-12-34(24)15-23-29-22-10-6-4-8-20(22)26(30-23)32-25/h3-10,13,17,24-25,28H,11-12,14-16H2,1-2H3,(H,31,35)(H,29,30,32)/t24?,25-/m0/s1. The van der Waals surface area contributed by atoms with E-state index in [4.69, 9.17) is 9.97 Å². The highest BCUT2D eigenvalue weighted by Crippen LogP contribution is 2.25. The fourth-order valence-corrected chi connectivity index (χ4v) is 5.27. The lowest BCUT2D eigenvalue weighted by molar-refractivity contribution is -0.125. The molecule has 2 bridgehead atoms. The summed E-state index contributed by atoms with van der Waals surface area (Å²) in [6.45, 7) is 8.06. The Morgan fingerprint density at radius 2 is 1.80 bits per heavy atom. The van der Waals surface area contributed by atoms with Crippen LogP contribution in [-0.2, 0) is 17.9 Å². The summed E-state index contributed by atoms with van der Waals surface area (Å²) in [6, 6.07) is 16.0. The van der Waals surface area contributed by atoms with Crippen molar-refractivity contribution in [3.8, 4) is 0 Å². The Hall–Kier alpha value is -3.49. The molecule has 2 aliphatic rings. The summed E-state index contributed by atoms with van der Waals surface area (Å²) in [5.41, 5.74) is 3.34. The number of para-hydroxylation sites is 2. The van der Waals surface area contributed by atoms with E-state index in [0.29, 0.717) is 6.54 Å². The van der Waals surface area contributed by atoms with E-state index >= 15 is 0 Å². The number of rotatable bonds is 3. The summed E-state index contributed by atoms with van der Waals surface area (Å²) in [5.74, 6) is 1.62. The number of anilines is 1. The second-order valence-electron chi connectivity index (χ2n) is 9.96. The number of carbonyl (C=O) groups excluding carboxylic acids is 1. The number of aromatic nitrogens is 3. The minimum absolute atomic E-state index is 0.00934. The first-order valence-corrected chi connectivity index (χ1v) is 12.4. The van der Waals surface area contributed by atoms with Crippen molar-refractivity contribution in [1.29, 1.82) is 0 Å². The van der Waals surface area contributed by atoms with E-state index < -0.39 is 0 Å². The number of hydrogen-bond donors (Lipinski definition) is 3. The predicted octanol–water partition coefficient (Wildman–Crippen LogP) is 3.32. The Labute approximate surface area is 204 Å². The van der Waals surface area contributed by atoms with Gasteiger partial charge >= 0.3 is 0 Å². The second kappa shape index (κ2) is 8.94. The zero-order chi connectivity index (χ0) is 23.9. The van der Waals surface area contributed by atoms with Gasteiger partial charge in [0.1, 0.15) is 17.7 Å². The van der Waals surface area contributed by atoms with Gasteiger partial charge in [0, 0.05) is 48.7 Å². The van der Waals surface area contributed by atoms with E-state index in [9.17, 15) is 4.79 Å². The summed E-state index contributed by atoms with van der Waals surface area (Å²) in [7, 11) is 0. The largest absolute Gasteiger partial charge is 0.361 e. The third-order valence-corrected chi connectivity index (χ3v) is 7.19. The van der Waals surface area contributed by atoms with Gasteiger partial charge in [-0.1, -0.05) is 44.2 Å². The van der Waals surface area contributed by atoms with E-state index in [1.54, 1.807) is 0 Å². The van der Waals surface area contributed by atoms with Gasteiger partial charge in [0.2, 0.25) is 5.91 Å². The SMILES string of the molecule is CC(C)[C@@H]1Nc2nc(nc3ccccc23)CN2CCN(Cc3c[nH]c4ccccc34)CC2NC1=O. The van der Waals surface area contributed by atoms with Crippen LogP contribution in [0.3, 0.4) is 0 Å².